The molecule has 0 aliphatic heterocycles. The molecule has 0 spiro atoms. The van der Waals surface area contributed by atoms with Crippen molar-refractivity contribution >= 4 is 32.3 Å². The average molecular weight is 357 g/mol. The van der Waals surface area contributed by atoms with Crippen molar-refractivity contribution in [1.29, 1.82) is 0 Å². The Morgan fingerprint density at radius 3 is 2.48 bits per heavy atom. The Balaban J connectivity index is 1.62. The zero-order valence-corrected chi connectivity index (χ0v) is 15.4. The number of carbonyl (C=O) groups excluding carboxylic acids is 1. The average Bonchev–Trinajstić information content (AvgIpc) is 2.88. The fraction of sp³-hybridized carbons (Fsp3) is 0.450. The van der Waals surface area contributed by atoms with Crippen LogP contribution in [0, 0.1) is 16.7 Å². The normalized spacial score (nSPS) is 27.8. The van der Waals surface area contributed by atoms with Gasteiger partial charge in [-0.25, -0.2) is 8.42 Å². The molecule has 2 aromatic carbocycles. The minimum absolute atomic E-state index is 0.116. The van der Waals surface area contributed by atoms with E-state index in [-0.39, 0.29) is 17.0 Å². The molecule has 2 aliphatic rings. The summed E-state index contributed by atoms with van der Waals surface area (Å²) in [5.41, 5.74) is -0.435. The van der Waals surface area contributed by atoms with Crippen molar-refractivity contribution in [3.05, 3.63) is 42.5 Å². The van der Waals surface area contributed by atoms with E-state index in [1.165, 1.54) is 0 Å². The van der Waals surface area contributed by atoms with Crippen LogP contribution < -0.4 is 4.72 Å². The van der Waals surface area contributed by atoms with Gasteiger partial charge in [0.15, 0.2) is 0 Å². The minimum Gasteiger partial charge on any atom is -0.299 e. The molecule has 2 bridgehead atoms. The summed E-state index contributed by atoms with van der Waals surface area (Å²) in [5.74, 6) is 0.323. The maximum atomic E-state index is 12.8. The van der Waals surface area contributed by atoms with Gasteiger partial charge in [-0.15, -0.1) is 0 Å². The third-order valence-corrected chi connectivity index (χ3v) is 8.02. The number of anilines is 1. The van der Waals surface area contributed by atoms with Crippen molar-refractivity contribution in [1.82, 2.24) is 0 Å². The van der Waals surface area contributed by atoms with E-state index in [1.54, 1.807) is 6.07 Å². The van der Waals surface area contributed by atoms with Crippen LogP contribution in [0.5, 0.6) is 0 Å². The monoisotopic (exact) mass is 357 g/mol. The number of sulfonamides is 1. The summed E-state index contributed by atoms with van der Waals surface area (Å²) < 4.78 is 28.4. The molecule has 132 valence electrons. The zero-order chi connectivity index (χ0) is 17.9. The van der Waals surface area contributed by atoms with Crippen LogP contribution in [0.2, 0.25) is 0 Å². The summed E-state index contributed by atoms with van der Waals surface area (Å²) >= 11 is 0. The first kappa shape index (κ1) is 16.6. The van der Waals surface area contributed by atoms with E-state index in [9.17, 15) is 13.2 Å². The number of benzene rings is 2. The smallest absolute Gasteiger partial charge is 0.233 e. The van der Waals surface area contributed by atoms with E-state index in [1.807, 2.05) is 36.4 Å². The molecule has 2 aliphatic carbocycles. The molecule has 5 heteroatoms. The van der Waals surface area contributed by atoms with E-state index >= 15 is 0 Å². The number of hydrogen-bond donors (Lipinski definition) is 1. The first-order chi connectivity index (χ1) is 11.7. The van der Waals surface area contributed by atoms with Crippen molar-refractivity contribution in [3.63, 3.8) is 0 Å². The van der Waals surface area contributed by atoms with Crippen LogP contribution in [0.15, 0.2) is 42.5 Å². The Morgan fingerprint density at radius 2 is 1.84 bits per heavy atom. The first-order valence-electron chi connectivity index (χ1n) is 8.76. The van der Waals surface area contributed by atoms with Crippen LogP contribution in [0.1, 0.15) is 33.1 Å². The lowest BCUT2D eigenvalue weighted by Gasteiger charge is -2.36. The Bertz CT molecular complexity index is 964. The Labute approximate surface area is 148 Å². The molecular formula is C20H23NO3S. The van der Waals surface area contributed by atoms with Crippen molar-refractivity contribution in [3.8, 4) is 0 Å². The van der Waals surface area contributed by atoms with Gasteiger partial charge in [0.25, 0.3) is 0 Å². The molecular weight excluding hydrogens is 334 g/mol. The standard InChI is InChI=1S/C20H23NO3S/c1-19(2)16-9-10-20(19,18(22)12-16)13-25(23,24)21-17-8-7-14-5-3-4-6-15(14)11-17/h3-8,11,16,21H,9-10,12-13H2,1-2H3. The van der Waals surface area contributed by atoms with E-state index in [2.05, 4.69) is 18.6 Å². The second kappa shape index (κ2) is 5.31. The predicted molar refractivity (Wildman–Crippen MR) is 99.9 cm³/mol. The third-order valence-electron chi connectivity index (χ3n) is 6.60. The van der Waals surface area contributed by atoms with Crippen LogP contribution in [0.25, 0.3) is 10.8 Å². The largest absolute Gasteiger partial charge is 0.299 e. The quantitative estimate of drug-likeness (QED) is 0.900. The van der Waals surface area contributed by atoms with Gasteiger partial charge in [0.2, 0.25) is 10.0 Å². The third kappa shape index (κ3) is 2.48. The maximum Gasteiger partial charge on any atom is 0.233 e. The summed E-state index contributed by atoms with van der Waals surface area (Å²) in [6.07, 6.45) is 2.16. The summed E-state index contributed by atoms with van der Waals surface area (Å²) in [5, 5.41) is 2.05. The van der Waals surface area contributed by atoms with Gasteiger partial charge < -0.3 is 0 Å². The van der Waals surface area contributed by atoms with Gasteiger partial charge in [-0.05, 0) is 47.1 Å². The lowest BCUT2D eigenvalue weighted by atomic mass is 9.70. The minimum atomic E-state index is -3.61. The number of hydrogen-bond acceptors (Lipinski definition) is 3. The molecule has 0 aromatic heterocycles. The molecule has 2 saturated carbocycles. The second-order valence-corrected chi connectivity index (χ2v) is 9.81. The van der Waals surface area contributed by atoms with E-state index in [0.717, 1.165) is 17.2 Å². The second-order valence-electron chi connectivity index (χ2n) is 8.09. The number of carbonyl (C=O) groups is 1. The number of rotatable bonds is 4. The summed E-state index contributed by atoms with van der Waals surface area (Å²) in [4.78, 5) is 12.6. The van der Waals surface area contributed by atoms with Gasteiger partial charge in [0.1, 0.15) is 5.78 Å². The number of ketones is 1. The number of fused-ring (bicyclic) bond motifs is 3. The molecule has 4 nitrogen and oxygen atoms in total. The molecule has 2 fully saturated rings. The Kier molecular flexibility index (Phi) is 3.52. The van der Waals surface area contributed by atoms with Crippen molar-refractivity contribution in [2.75, 3.05) is 10.5 Å². The molecule has 2 aromatic rings. The van der Waals surface area contributed by atoms with Gasteiger partial charge in [-0.3, -0.25) is 9.52 Å². The molecule has 2 unspecified atom stereocenters. The number of Topliss-reactive ketones (excluding diaryl/α,β-unsaturated/α-hetero) is 1. The zero-order valence-electron chi connectivity index (χ0n) is 14.6. The fourth-order valence-electron chi connectivity index (χ4n) is 4.90. The van der Waals surface area contributed by atoms with E-state index in [4.69, 9.17) is 0 Å². The van der Waals surface area contributed by atoms with Gasteiger partial charge >= 0.3 is 0 Å². The summed E-state index contributed by atoms with van der Waals surface area (Å²) in [6.45, 7) is 4.11. The molecule has 1 N–H and O–H groups in total. The lowest BCUT2D eigenvalue weighted by Crippen LogP contribution is -2.43. The van der Waals surface area contributed by atoms with E-state index in [0.29, 0.717) is 24.4 Å². The van der Waals surface area contributed by atoms with Crippen LogP contribution in [-0.2, 0) is 14.8 Å². The SMILES string of the molecule is CC1(C)C2CCC1(CS(=O)(=O)Nc1ccc3ccccc3c1)C(=O)C2. The molecule has 25 heavy (non-hydrogen) atoms. The first-order valence-corrected chi connectivity index (χ1v) is 10.4. The maximum absolute atomic E-state index is 12.8. The predicted octanol–water partition coefficient (Wildman–Crippen LogP) is 3.98. The van der Waals surface area contributed by atoms with Gasteiger partial charge in [0.05, 0.1) is 11.2 Å². The Hall–Kier alpha value is -1.88. The van der Waals surface area contributed by atoms with Crippen LogP contribution in [0.3, 0.4) is 0 Å². The highest BCUT2D eigenvalue weighted by Crippen LogP contribution is 2.64. The van der Waals surface area contributed by atoms with Crippen LogP contribution in [-0.4, -0.2) is 20.0 Å². The molecule has 0 heterocycles. The fourth-order valence-corrected chi connectivity index (χ4v) is 6.79. The van der Waals surface area contributed by atoms with Crippen molar-refractivity contribution in [2.45, 2.75) is 33.1 Å². The highest BCUT2D eigenvalue weighted by atomic mass is 32.2. The molecule has 0 radical (unpaired) electrons. The molecule has 2 atom stereocenters. The summed E-state index contributed by atoms with van der Waals surface area (Å²) in [7, 11) is -3.61. The highest BCUT2D eigenvalue weighted by Gasteiger charge is 2.65. The van der Waals surface area contributed by atoms with Gasteiger partial charge in [0, 0.05) is 12.1 Å². The molecule has 0 amide bonds. The topological polar surface area (TPSA) is 63.2 Å². The van der Waals surface area contributed by atoms with Gasteiger partial charge in [-0.1, -0.05) is 44.2 Å². The molecule has 0 saturated heterocycles. The lowest BCUT2D eigenvalue weighted by molar-refractivity contribution is -0.128. The summed E-state index contributed by atoms with van der Waals surface area (Å²) in [6, 6.07) is 13.3. The molecule has 4 rings (SSSR count). The van der Waals surface area contributed by atoms with Crippen LogP contribution >= 0.6 is 0 Å². The van der Waals surface area contributed by atoms with Crippen molar-refractivity contribution in [2.24, 2.45) is 16.7 Å². The van der Waals surface area contributed by atoms with E-state index < -0.39 is 15.4 Å². The van der Waals surface area contributed by atoms with Gasteiger partial charge in [-0.2, -0.15) is 0 Å². The van der Waals surface area contributed by atoms with Crippen LogP contribution in [0.4, 0.5) is 5.69 Å². The van der Waals surface area contributed by atoms with Crippen molar-refractivity contribution < 1.29 is 13.2 Å². The Morgan fingerprint density at radius 1 is 1.12 bits per heavy atom. The number of nitrogens with one attached hydrogen (secondary N) is 1. The highest BCUT2D eigenvalue weighted by molar-refractivity contribution is 7.92.